The smallest absolute Gasteiger partial charge is 0.245 e. The van der Waals surface area contributed by atoms with Crippen molar-refractivity contribution in [3.8, 4) is 5.75 Å². The lowest BCUT2D eigenvalue weighted by Gasteiger charge is -2.43. The van der Waals surface area contributed by atoms with E-state index in [0.717, 1.165) is 52.2 Å². The second-order valence-electron chi connectivity index (χ2n) is 12.2. The van der Waals surface area contributed by atoms with Gasteiger partial charge in [-0.15, -0.1) is 0 Å². The van der Waals surface area contributed by atoms with Gasteiger partial charge in [0, 0.05) is 39.3 Å². The van der Waals surface area contributed by atoms with Crippen molar-refractivity contribution >= 4 is 10.0 Å². The van der Waals surface area contributed by atoms with Gasteiger partial charge < -0.3 is 14.6 Å². The van der Waals surface area contributed by atoms with Crippen LogP contribution in [0.5, 0.6) is 5.75 Å². The SMILES string of the molecule is CC.O=S(=O)(c1ccc(O)cc1)N1CCOC12CCCN(Cc1ccccc1)C2.c1ccc(CN2CCCC3(C2)NCCO3)cc1. The number of aromatic hydroxyl groups is 1. The topological polar surface area (TPSA) is 94.6 Å². The maximum absolute atomic E-state index is 13.2. The molecule has 10 heteroatoms. The lowest BCUT2D eigenvalue weighted by atomic mass is 10.0. The largest absolute Gasteiger partial charge is 0.508 e. The van der Waals surface area contributed by atoms with Gasteiger partial charge in [0.15, 0.2) is 0 Å². The Balaban J connectivity index is 0.000000188. The molecule has 46 heavy (non-hydrogen) atoms. The van der Waals surface area contributed by atoms with Gasteiger partial charge in [0.05, 0.1) is 18.1 Å². The Morgan fingerprint density at radius 2 is 1.33 bits per heavy atom. The molecule has 4 fully saturated rings. The normalized spacial score (nSPS) is 25.5. The number of phenolic OH excluding ortho intramolecular Hbond substituents is 1. The van der Waals surface area contributed by atoms with Crippen LogP contribution in [0.15, 0.2) is 89.8 Å². The molecule has 2 atom stereocenters. The van der Waals surface area contributed by atoms with Crippen molar-refractivity contribution in [3.05, 3.63) is 96.1 Å². The lowest BCUT2D eigenvalue weighted by molar-refractivity contribution is -0.0990. The van der Waals surface area contributed by atoms with E-state index >= 15 is 0 Å². The van der Waals surface area contributed by atoms with Gasteiger partial charge in [-0.05, 0) is 74.2 Å². The van der Waals surface area contributed by atoms with Crippen LogP contribution in [-0.4, -0.2) is 91.6 Å². The Kier molecular flexibility index (Phi) is 11.9. The second-order valence-corrected chi connectivity index (χ2v) is 14.1. The van der Waals surface area contributed by atoms with Gasteiger partial charge in [-0.2, -0.15) is 4.31 Å². The van der Waals surface area contributed by atoms with Crippen LogP contribution in [0.4, 0.5) is 0 Å². The minimum Gasteiger partial charge on any atom is -0.508 e. The Labute approximate surface area is 275 Å². The molecule has 0 saturated carbocycles. The molecule has 4 heterocycles. The molecule has 7 rings (SSSR count). The fraction of sp³-hybridized carbons (Fsp3) is 0.500. The third-order valence-corrected chi connectivity index (χ3v) is 11.0. The number of ether oxygens (including phenoxy) is 2. The number of likely N-dealkylation sites (tertiary alicyclic amines) is 2. The summed E-state index contributed by atoms with van der Waals surface area (Å²) in [6, 6.07) is 26.6. The average molecular weight is 651 g/mol. The first-order chi connectivity index (χ1) is 22.4. The van der Waals surface area contributed by atoms with Gasteiger partial charge in [-0.25, -0.2) is 8.42 Å². The Hall–Kier alpha value is -2.83. The maximum Gasteiger partial charge on any atom is 0.245 e. The highest BCUT2D eigenvalue weighted by Crippen LogP contribution is 2.38. The van der Waals surface area contributed by atoms with E-state index in [0.29, 0.717) is 26.1 Å². The minimum atomic E-state index is -3.69. The first-order valence-electron chi connectivity index (χ1n) is 16.7. The van der Waals surface area contributed by atoms with E-state index in [-0.39, 0.29) is 16.4 Å². The highest BCUT2D eigenvalue weighted by Gasteiger charge is 2.51. The molecule has 0 aliphatic carbocycles. The number of phenols is 1. The fourth-order valence-electron chi connectivity index (χ4n) is 6.99. The summed E-state index contributed by atoms with van der Waals surface area (Å²) in [6.07, 6.45) is 3.95. The zero-order valence-electron chi connectivity index (χ0n) is 27.3. The van der Waals surface area contributed by atoms with Crippen molar-refractivity contribution in [1.29, 1.82) is 0 Å². The third kappa shape index (κ3) is 8.36. The Bertz CT molecular complexity index is 1450. The van der Waals surface area contributed by atoms with Crippen molar-refractivity contribution in [2.45, 2.75) is 69.0 Å². The molecule has 4 aliphatic rings. The molecule has 0 aromatic heterocycles. The highest BCUT2D eigenvalue weighted by atomic mass is 32.2. The summed E-state index contributed by atoms with van der Waals surface area (Å²) in [7, 11) is -3.69. The predicted octanol–water partition coefficient (Wildman–Crippen LogP) is 5.03. The third-order valence-electron chi connectivity index (χ3n) is 9.02. The molecular weight excluding hydrogens is 600 g/mol. The summed E-state index contributed by atoms with van der Waals surface area (Å²) >= 11 is 0. The summed E-state index contributed by atoms with van der Waals surface area (Å²) < 4.78 is 39.9. The van der Waals surface area contributed by atoms with Crippen LogP contribution < -0.4 is 5.32 Å². The number of hydrogen-bond donors (Lipinski definition) is 2. The van der Waals surface area contributed by atoms with E-state index in [2.05, 4.69) is 57.6 Å². The molecule has 3 aromatic rings. The van der Waals surface area contributed by atoms with Crippen LogP contribution in [0.2, 0.25) is 0 Å². The first kappa shape index (κ1) is 34.5. The molecule has 0 bridgehead atoms. The van der Waals surface area contributed by atoms with Crippen molar-refractivity contribution in [2.75, 3.05) is 52.5 Å². The molecular formula is C36H50N4O5S. The van der Waals surface area contributed by atoms with E-state index in [1.54, 1.807) is 0 Å². The van der Waals surface area contributed by atoms with E-state index < -0.39 is 15.7 Å². The standard InChI is InChI=1S/C20H24N2O4S.C14H20N2O.C2H6/c23-18-7-9-19(10-8-18)27(24,25)22-13-14-26-20(22)11-4-12-21(16-20)15-17-5-2-1-3-6-17;1-2-5-13(6-3-1)11-16-9-4-7-14(12-16)15-8-10-17-14;1-2/h1-3,5-10,23H,4,11-16H2;1-3,5-6,15H,4,7-12H2;1-2H3. The van der Waals surface area contributed by atoms with Gasteiger partial charge in [0.25, 0.3) is 0 Å². The quantitative estimate of drug-likeness (QED) is 0.384. The van der Waals surface area contributed by atoms with E-state index in [9.17, 15) is 13.5 Å². The van der Waals surface area contributed by atoms with Crippen LogP contribution >= 0.6 is 0 Å². The summed E-state index contributed by atoms with van der Waals surface area (Å²) in [5.41, 5.74) is 1.74. The van der Waals surface area contributed by atoms with Crippen LogP contribution in [0.1, 0.15) is 50.7 Å². The van der Waals surface area contributed by atoms with Gasteiger partial charge in [0.1, 0.15) is 17.2 Å². The molecule has 250 valence electrons. The highest BCUT2D eigenvalue weighted by molar-refractivity contribution is 7.89. The van der Waals surface area contributed by atoms with Crippen molar-refractivity contribution in [3.63, 3.8) is 0 Å². The maximum atomic E-state index is 13.2. The summed E-state index contributed by atoms with van der Waals surface area (Å²) in [5, 5.41) is 13.0. The molecule has 4 aliphatic heterocycles. The van der Waals surface area contributed by atoms with Gasteiger partial charge in [-0.3, -0.25) is 15.1 Å². The predicted molar refractivity (Wildman–Crippen MR) is 181 cm³/mol. The van der Waals surface area contributed by atoms with E-state index in [1.807, 2.05) is 32.0 Å². The second kappa shape index (κ2) is 15.8. The number of rotatable bonds is 6. The molecule has 0 radical (unpaired) electrons. The summed E-state index contributed by atoms with van der Waals surface area (Å²) in [6.45, 7) is 12.1. The van der Waals surface area contributed by atoms with Crippen LogP contribution in [0.25, 0.3) is 0 Å². The summed E-state index contributed by atoms with van der Waals surface area (Å²) in [5.74, 6) is 0.0491. The number of sulfonamides is 1. The monoisotopic (exact) mass is 650 g/mol. The average Bonchev–Trinajstić information content (AvgIpc) is 3.70. The number of benzene rings is 3. The molecule has 9 nitrogen and oxygen atoms in total. The molecule has 4 saturated heterocycles. The lowest BCUT2D eigenvalue weighted by Crippen LogP contribution is -2.57. The van der Waals surface area contributed by atoms with E-state index in [1.165, 1.54) is 52.7 Å². The number of nitrogens with zero attached hydrogens (tertiary/aromatic N) is 3. The zero-order chi connectivity index (χ0) is 32.5. The molecule has 2 N–H and O–H groups in total. The molecule has 2 unspecified atom stereocenters. The zero-order valence-corrected chi connectivity index (χ0v) is 28.1. The van der Waals surface area contributed by atoms with Crippen LogP contribution in [0, 0.1) is 0 Å². The van der Waals surface area contributed by atoms with Crippen LogP contribution in [-0.2, 0) is 32.6 Å². The molecule has 0 amide bonds. The Morgan fingerprint density at radius 1 is 0.739 bits per heavy atom. The number of nitrogens with one attached hydrogen (secondary N) is 1. The van der Waals surface area contributed by atoms with Crippen molar-refractivity contribution in [1.82, 2.24) is 19.4 Å². The van der Waals surface area contributed by atoms with Crippen molar-refractivity contribution in [2.24, 2.45) is 0 Å². The number of piperidine rings is 2. The van der Waals surface area contributed by atoms with Gasteiger partial charge in [-0.1, -0.05) is 74.5 Å². The first-order valence-corrected chi connectivity index (χ1v) is 18.2. The van der Waals surface area contributed by atoms with Crippen molar-refractivity contribution < 1.29 is 23.0 Å². The van der Waals surface area contributed by atoms with Crippen LogP contribution in [0.3, 0.4) is 0 Å². The van der Waals surface area contributed by atoms with Gasteiger partial charge in [0.2, 0.25) is 10.0 Å². The number of hydrogen-bond acceptors (Lipinski definition) is 8. The van der Waals surface area contributed by atoms with Gasteiger partial charge >= 0.3 is 0 Å². The molecule has 2 spiro atoms. The summed E-state index contributed by atoms with van der Waals surface area (Å²) in [4.78, 5) is 4.95. The minimum absolute atomic E-state index is 0.0486. The van der Waals surface area contributed by atoms with E-state index in [4.69, 9.17) is 9.47 Å². The molecule has 3 aromatic carbocycles. The fourth-order valence-corrected chi connectivity index (χ4v) is 8.67. The Morgan fingerprint density at radius 3 is 1.91 bits per heavy atom.